The maximum atomic E-state index is 12.4. The van der Waals surface area contributed by atoms with Crippen molar-refractivity contribution in [3.8, 4) is 0 Å². The SMILES string of the molecule is O=c1n(CCN2CCNCC2c2ccccc2Cl)nc2ccccn12. The first-order valence-electron chi connectivity index (χ1n) is 8.47. The molecule has 1 aliphatic heterocycles. The number of nitrogens with one attached hydrogen (secondary N) is 1. The Labute approximate surface area is 150 Å². The predicted octanol–water partition coefficient (Wildman–Crippen LogP) is 1.80. The van der Waals surface area contributed by atoms with Gasteiger partial charge in [0.1, 0.15) is 0 Å². The van der Waals surface area contributed by atoms with E-state index in [1.54, 1.807) is 15.3 Å². The zero-order valence-electron chi connectivity index (χ0n) is 13.8. The van der Waals surface area contributed by atoms with E-state index in [9.17, 15) is 4.79 Å². The van der Waals surface area contributed by atoms with Gasteiger partial charge in [0.05, 0.1) is 6.54 Å². The number of nitrogens with zero attached hydrogens (tertiary/aromatic N) is 4. The van der Waals surface area contributed by atoms with Crippen LogP contribution < -0.4 is 11.0 Å². The van der Waals surface area contributed by atoms with Crippen molar-refractivity contribution in [3.05, 3.63) is 69.7 Å². The van der Waals surface area contributed by atoms with Crippen molar-refractivity contribution < 1.29 is 0 Å². The van der Waals surface area contributed by atoms with Crippen molar-refractivity contribution in [2.75, 3.05) is 26.2 Å². The van der Waals surface area contributed by atoms with E-state index < -0.39 is 0 Å². The van der Waals surface area contributed by atoms with Crippen LogP contribution in [0.2, 0.25) is 5.02 Å². The summed E-state index contributed by atoms with van der Waals surface area (Å²) in [7, 11) is 0. The van der Waals surface area contributed by atoms with Gasteiger partial charge in [-0.25, -0.2) is 9.48 Å². The van der Waals surface area contributed by atoms with Gasteiger partial charge in [-0.05, 0) is 23.8 Å². The van der Waals surface area contributed by atoms with Crippen molar-refractivity contribution in [3.63, 3.8) is 0 Å². The number of rotatable bonds is 4. The standard InChI is InChI=1S/C18H20ClN5O/c19-15-6-2-1-5-14(15)16-13-20-8-10-22(16)11-12-24-18(25)23-9-4-3-7-17(23)21-24/h1-7,9,16,20H,8,10-13H2. The highest BCUT2D eigenvalue weighted by molar-refractivity contribution is 6.31. The second-order valence-electron chi connectivity index (χ2n) is 6.21. The number of pyridine rings is 1. The van der Waals surface area contributed by atoms with E-state index in [1.165, 1.54) is 0 Å². The zero-order chi connectivity index (χ0) is 17.2. The summed E-state index contributed by atoms with van der Waals surface area (Å²) in [5.41, 5.74) is 1.70. The molecular weight excluding hydrogens is 338 g/mol. The molecule has 2 aromatic heterocycles. The first-order valence-corrected chi connectivity index (χ1v) is 8.85. The van der Waals surface area contributed by atoms with E-state index in [1.807, 2.05) is 36.4 Å². The van der Waals surface area contributed by atoms with E-state index in [-0.39, 0.29) is 11.7 Å². The molecule has 0 amide bonds. The largest absolute Gasteiger partial charge is 0.350 e. The molecule has 0 bridgehead atoms. The van der Waals surface area contributed by atoms with Gasteiger partial charge in [-0.15, -0.1) is 5.10 Å². The fraction of sp³-hybridized carbons (Fsp3) is 0.333. The highest BCUT2D eigenvalue weighted by atomic mass is 35.5. The number of benzene rings is 1. The molecule has 0 saturated carbocycles. The van der Waals surface area contributed by atoms with Crippen molar-refractivity contribution in [1.29, 1.82) is 0 Å². The van der Waals surface area contributed by atoms with Crippen LogP contribution in [0, 0.1) is 0 Å². The molecule has 0 aliphatic carbocycles. The molecule has 130 valence electrons. The van der Waals surface area contributed by atoms with Crippen LogP contribution >= 0.6 is 11.6 Å². The highest BCUT2D eigenvalue weighted by Gasteiger charge is 2.25. The van der Waals surface area contributed by atoms with Crippen LogP contribution in [0.3, 0.4) is 0 Å². The number of hydrogen-bond donors (Lipinski definition) is 1. The van der Waals surface area contributed by atoms with Gasteiger partial charge in [0.25, 0.3) is 0 Å². The van der Waals surface area contributed by atoms with Crippen LogP contribution in [-0.4, -0.2) is 45.3 Å². The van der Waals surface area contributed by atoms with Crippen LogP contribution in [-0.2, 0) is 6.54 Å². The Balaban J connectivity index is 1.55. The molecule has 1 unspecified atom stereocenters. The summed E-state index contributed by atoms with van der Waals surface area (Å²) in [6.45, 7) is 4.01. The number of aromatic nitrogens is 3. The minimum Gasteiger partial charge on any atom is -0.314 e. The van der Waals surface area contributed by atoms with Gasteiger partial charge in [-0.1, -0.05) is 35.9 Å². The highest BCUT2D eigenvalue weighted by Crippen LogP contribution is 2.28. The van der Waals surface area contributed by atoms with E-state index >= 15 is 0 Å². The second kappa shape index (κ2) is 7.00. The number of piperazine rings is 1. The Morgan fingerprint density at radius 1 is 1.16 bits per heavy atom. The molecule has 6 nitrogen and oxygen atoms in total. The minimum atomic E-state index is -0.0972. The zero-order valence-corrected chi connectivity index (χ0v) is 14.6. The summed E-state index contributed by atoms with van der Waals surface area (Å²) in [6, 6.07) is 13.7. The predicted molar refractivity (Wildman–Crippen MR) is 98.1 cm³/mol. The van der Waals surface area contributed by atoms with Gasteiger partial charge in [0.15, 0.2) is 5.65 Å². The molecule has 0 spiro atoms. The van der Waals surface area contributed by atoms with Crippen molar-refractivity contribution in [2.45, 2.75) is 12.6 Å². The third-order valence-electron chi connectivity index (χ3n) is 4.71. The summed E-state index contributed by atoms with van der Waals surface area (Å²) in [5, 5.41) is 8.63. The lowest BCUT2D eigenvalue weighted by Crippen LogP contribution is -2.47. The quantitative estimate of drug-likeness (QED) is 0.773. The lowest BCUT2D eigenvalue weighted by atomic mass is 10.0. The maximum absolute atomic E-state index is 12.4. The third kappa shape index (κ3) is 3.20. The minimum absolute atomic E-state index is 0.0972. The molecule has 1 saturated heterocycles. The Morgan fingerprint density at radius 2 is 2.00 bits per heavy atom. The molecule has 1 atom stereocenters. The van der Waals surface area contributed by atoms with E-state index in [0.717, 1.165) is 36.8 Å². The average Bonchev–Trinajstić information content (AvgIpc) is 2.97. The Bertz CT molecular complexity index is 934. The molecule has 7 heteroatoms. The summed E-state index contributed by atoms with van der Waals surface area (Å²) >= 11 is 6.39. The average molecular weight is 358 g/mol. The van der Waals surface area contributed by atoms with E-state index in [2.05, 4.69) is 21.4 Å². The normalized spacial score (nSPS) is 18.7. The molecule has 25 heavy (non-hydrogen) atoms. The van der Waals surface area contributed by atoms with Crippen LogP contribution in [0.25, 0.3) is 5.65 Å². The Hall–Kier alpha value is -2.15. The summed E-state index contributed by atoms with van der Waals surface area (Å²) in [4.78, 5) is 14.8. The van der Waals surface area contributed by atoms with Gasteiger partial charge in [0, 0.05) is 43.4 Å². The van der Waals surface area contributed by atoms with Gasteiger partial charge in [-0.3, -0.25) is 9.30 Å². The fourth-order valence-corrected chi connectivity index (χ4v) is 3.66. The smallest absolute Gasteiger partial charge is 0.314 e. The molecular formula is C18H20ClN5O. The van der Waals surface area contributed by atoms with Crippen LogP contribution in [0.1, 0.15) is 11.6 Å². The summed E-state index contributed by atoms with van der Waals surface area (Å²) in [6.07, 6.45) is 1.75. The molecule has 1 N–H and O–H groups in total. The molecule has 3 heterocycles. The monoisotopic (exact) mass is 357 g/mol. The summed E-state index contributed by atoms with van der Waals surface area (Å²) in [5.74, 6) is 0. The molecule has 4 rings (SSSR count). The van der Waals surface area contributed by atoms with Crippen LogP contribution in [0.15, 0.2) is 53.5 Å². The van der Waals surface area contributed by atoms with Crippen molar-refractivity contribution in [2.24, 2.45) is 0 Å². The van der Waals surface area contributed by atoms with E-state index in [4.69, 9.17) is 11.6 Å². The first kappa shape index (κ1) is 16.3. The van der Waals surface area contributed by atoms with Crippen molar-refractivity contribution >= 4 is 17.2 Å². The number of hydrogen-bond acceptors (Lipinski definition) is 4. The first-order chi connectivity index (χ1) is 12.2. The lowest BCUT2D eigenvalue weighted by molar-refractivity contribution is 0.154. The third-order valence-corrected chi connectivity index (χ3v) is 5.05. The van der Waals surface area contributed by atoms with Gasteiger partial charge < -0.3 is 5.32 Å². The van der Waals surface area contributed by atoms with Gasteiger partial charge in [-0.2, -0.15) is 0 Å². The van der Waals surface area contributed by atoms with E-state index in [0.29, 0.717) is 12.2 Å². The number of halogens is 1. The second-order valence-corrected chi connectivity index (χ2v) is 6.62. The number of fused-ring (bicyclic) bond motifs is 1. The van der Waals surface area contributed by atoms with Crippen molar-refractivity contribution in [1.82, 2.24) is 24.4 Å². The summed E-state index contributed by atoms with van der Waals surface area (Å²) < 4.78 is 3.12. The van der Waals surface area contributed by atoms with Gasteiger partial charge >= 0.3 is 5.69 Å². The van der Waals surface area contributed by atoms with Crippen LogP contribution in [0.5, 0.6) is 0 Å². The Morgan fingerprint density at radius 3 is 2.84 bits per heavy atom. The molecule has 3 aromatic rings. The lowest BCUT2D eigenvalue weighted by Gasteiger charge is -2.36. The van der Waals surface area contributed by atoms with Crippen LogP contribution in [0.4, 0.5) is 0 Å². The molecule has 1 fully saturated rings. The molecule has 1 aromatic carbocycles. The topological polar surface area (TPSA) is 54.6 Å². The molecule has 0 radical (unpaired) electrons. The fourth-order valence-electron chi connectivity index (χ4n) is 3.40. The Kier molecular flexibility index (Phi) is 4.57. The molecule has 1 aliphatic rings. The maximum Gasteiger partial charge on any atom is 0.350 e. The van der Waals surface area contributed by atoms with Gasteiger partial charge in [0.2, 0.25) is 0 Å².